The van der Waals surface area contributed by atoms with Crippen LogP contribution < -0.4 is 15.5 Å². The molecular formula is C32H42Cl2N10O2. The lowest BCUT2D eigenvalue weighted by Gasteiger charge is -2.24. The molecule has 0 bridgehead atoms. The van der Waals surface area contributed by atoms with Gasteiger partial charge in [-0.25, -0.2) is 0 Å². The van der Waals surface area contributed by atoms with Crippen LogP contribution in [0.15, 0.2) is 60.9 Å². The van der Waals surface area contributed by atoms with Gasteiger partial charge in [-0.1, -0.05) is 23.2 Å². The van der Waals surface area contributed by atoms with Crippen LogP contribution in [0, 0.1) is 10.1 Å². The van der Waals surface area contributed by atoms with E-state index in [4.69, 9.17) is 28.9 Å². The first kappa shape index (κ1) is 33.5. The number of aryl methyl sites for hydroxylation is 2. The Morgan fingerprint density at radius 3 is 1.70 bits per heavy atom. The fourth-order valence-electron chi connectivity index (χ4n) is 6.02. The van der Waals surface area contributed by atoms with Crippen molar-refractivity contribution in [2.45, 2.75) is 25.9 Å². The van der Waals surface area contributed by atoms with Crippen molar-refractivity contribution in [2.24, 2.45) is 14.1 Å². The van der Waals surface area contributed by atoms with E-state index in [1.54, 1.807) is 16.8 Å². The van der Waals surface area contributed by atoms with Crippen molar-refractivity contribution < 1.29 is 4.92 Å². The van der Waals surface area contributed by atoms with Crippen LogP contribution in [0.25, 0.3) is 0 Å². The van der Waals surface area contributed by atoms with E-state index in [0.29, 0.717) is 15.7 Å². The number of halogens is 2. The standard InChI is InChI=1S/C16H20ClN5O2.C16H22ClN5/c1-19-8-5-14(18-19)12-20-6-2-7-21(10-9-20)15-4-3-13(17)11-16(15)22(23)24;1-20-8-5-14(19-20)12-21-6-2-7-22(10-9-21)16-4-3-13(17)11-15(16)18/h3-5,8,11H,2,6-7,9-10,12H2,1H3;3-5,8,11H,2,6-7,9-10,12,18H2,1H3. The lowest BCUT2D eigenvalue weighted by atomic mass is 10.2. The van der Waals surface area contributed by atoms with Crippen molar-refractivity contribution in [1.29, 1.82) is 0 Å². The molecule has 14 heteroatoms. The maximum absolute atomic E-state index is 11.3. The summed E-state index contributed by atoms with van der Waals surface area (Å²) in [5, 5.41) is 21.3. The van der Waals surface area contributed by atoms with Crippen LogP contribution in [-0.2, 0) is 27.2 Å². The highest BCUT2D eigenvalue weighted by molar-refractivity contribution is 6.31. The van der Waals surface area contributed by atoms with E-state index in [1.807, 2.05) is 55.4 Å². The second-order valence-electron chi connectivity index (χ2n) is 11.8. The minimum absolute atomic E-state index is 0.0701. The quantitative estimate of drug-likeness (QED) is 0.164. The molecule has 2 aliphatic heterocycles. The molecular weight excluding hydrogens is 627 g/mol. The number of anilines is 3. The van der Waals surface area contributed by atoms with Crippen LogP contribution in [-0.4, -0.2) is 86.6 Å². The number of nitro groups is 1. The van der Waals surface area contributed by atoms with E-state index in [9.17, 15) is 10.1 Å². The average Bonchev–Trinajstić information content (AvgIpc) is 3.44. The van der Waals surface area contributed by atoms with Crippen molar-refractivity contribution in [3.05, 3.63) is 92.5 Å². The highest BCUT2D eigenvalue weighted by Gasteiger charge is 2.23. The fourth-order valence-corrected chi connectivity index (χ4v) is 6.36. The van der Waals surface area contributed by atoms with Gasteiger partial charge in [-0.2, -0.15) is 10.2 Å². The molecule has 0 amide bonds. The highest BCUT2D eigenvalue weighted by atomic mass is 35.5. The molecule has 0 saturated carbocycles. The summed E-state index contributed by atoms with van der Waals surface area (Å²) < 4.78 is 3.66. The van der Waals surface area contributed by atoms with Gasteiger partial charge in [0.2, 0.25) is 0 Å². The van der Waals surface area contributed by atoms with Crippen LogP contribution in [0.5, 0.6) is 0 Å². The van der Waals surface area contributed by atoms with Crippen LogP contribution in [0.1, 0.15) is 24.2 Å². The number of hydrogen-bond acceptors (Lipinski definition) is 9. The first-order chi connectivity index (χ1) is 22.1. The van der Waals surface area contributed by atoms with Gasteiger partial charge in [-0.3, -0.25) is 29.3 Å². The van der Waals surface area contributed by atoms with Crippen molar-refractivity contribution in [3.8, 4) is 0 Å². The number of benzene rings is 2. The molecule has 0 radical (unpaired) electrons. The molecule has 0 aliphatic carbocycles. The lowest BCUT2D eigenvalue weighted by molar-refractivity contribution is -0.384. The highest BCUT2D eigenvalue weighted by Crippen LogP contribution is 2.32. The number of nitrogen functional groups attached to an aromatic ring is 1. The minimum Gasteiger partial charge on any atom is -0.397 e. The van der Waals surface area contributed by atoms with E-state index >= 15 is 0 Å². The first-order valence-corrected chi connectivity index (χ1v) is 16.3. The van der Waals surface area contributed by atoms with Crippen molar-refractivity contribution in [1.82, 2.24) is 29.4 Å². The topological polar surface area (TPSA) is 118 Å². The van der Waals surface area contributed by atoms with E-state index in [1.165, 1.54) is 6.07 Å². The van der Waals surface area contributed by atoms with Crippen molar-refractivity contribution in [2.75, 3.05) is 67.9 Å². The zero-order valence-electron chi connectivity index (χ0n) is 26.4. The number of aromatic nitrogens is 4. The van der Waals surface area contributed by atoms with E-state index in [2.05, 4.69) is 35.9 Å². The molecule has 2 saturated heterocycles. The molecule has 4 aromatic rings. The first-order valence-electron chi connectivity index (χ1n) is 15.6. The molecule has 0 spiro atoms. The Balaban J connectivity index is 0.000000182. The Kier molecular flexibility index (Phi) is 11.4. The third-order valence-electron chi connectivity index (χ3n) is 8.29. The largest absolute Gasteiger partial charge is 0.397 e. The van der Waals surface area contributed by atoms with E-state index < -0.39 is 0 Å². The Morgan fingerprint density at radius 1 is 0.717 bits per heavy atom. The van der Waals surface area contributed by atoms with Crippen molar-refractivity contribution >= 4 is 46.0 Å². The maximum Gasteiger partial charge on any atom is 0.294 e. The zero-order valence-corrected chi connectivity index (χ0v) is 27.9. The number of rotatable bonds is 7. The van der Waals surface area contributed by atoms with E-state index in [-0.39, 0.29) is 10.6 Å². The Hall–Kier alpha value is -3.84. The third kappa shape index (κ3) is 9.12. The Bertz CT molecular complexity index is 1610. The summed E-state index contributed by atoms with van der Waals surface area (Å²) in [6.45, 7) is 9.13. The van der Waals surface area contributed by atoms with Gasteiger partial charge in [0.25, 0.3) is 5.69 Å². The van der Waals surface area contributed by atoms with Gasteiger partial charge in [0.15, 0.2) is 0 Å². The Morgan fingerprint density at radius 2 is 1.22 bits per heavy atom. The summed E-state index contributed by atoms with van der Waals surface area (Å²) in [5.74, 6) is 0. The van der Waals surface area contributed by atoms with Gasteiger partial charge in [-0.15, -0.1) is 0 Å². The summed E-state index contributed by atoms with van der Waals surface area (Å²) in [6.07, 6.45) is 6.01. The zero-order chi connectivity index (χ0) is 32.6. The summed E-state index contributed by atoms with van der Waals surface area (Å²) in [5.41, 5.74) is 10.8. The monoisotopic (exact) mass is 668 g/mol. The van der Waals surface area contributed by atoms with Gasteiger partial charge in [0, 0.05) is 108 Å². The summed E-state index contributed by atoms with van der Waals surface area (Å²) >= 11 is 11.9. The van der Waals surface area contributed by atoms with Crippen LogP contribution in [0.2, 0.25) is 10.0 Å². The molecule has 2 aliphatic rings. The van der Waals surface area contributed by atoms with Gasteiger partial charge >= 0.3 is 0 Å². The van der Waals surface area contributed by atoms with Crippen molar-refractivity contribution in [3.63, 3.8) is 0 Å². The number of hydrogen-bond donors (Lipinski definition) is 1. The van der Waals surface area contributed by atoms with E-state index in [0.717, 1.165) is 101 Å². The molecule has 0 atom stereocenters. The number of nitrogens with zero attached hydrogens (tertiary/aromatic N) is 9. The molecule has 4 heterocycles. The molecule has 246 valence electrons. The molecule has 12 nitrogen and oxygen atoms in total. The summed E-state index contributed by atoms with van der Waals surface area (Å²) in [6, 6.07) is 14.7. The third-order valence-corrected chi connectivity index (χ3v) is 8.76. The Labute approximate surface area is 280 Å². The fraction of sp³-hybridized carbons (Fsp3) is 0.438. The van der Waals surface area contributed by atoms with Crippen LogP contribution >= 0.6 is 23.2 Å². The number of nitro benzene ring substituents is 1. The smallest absolute Gasteiger partial charge is 0.294 e. The van der Waals surface area contributed by atoms with Crippen LogP contribution in [0.3, 0.4) is 0 Å². The van der Waals surface area contributed by atoms with Crippen LogP contribution in [0.4, 0.5) is 22.7 Å². The second-order valence-corrected chi connectivity index (χ2v) is 12.7. The molecule has 2 aromatic carbocycles. The van der Waals surface area contributed by atoms with Gasteiger partial charge < -0.3 is 15.5 Å². The summed E-state index contributed by atoms with van der Waals surface area (Å²) in [7, 11) is 3.87. The number of nitrogens with two attached hydrogens (primary N) is 1. The summed E-state index contributed by atoms with van der Waals surface area (Å²) in [4.78, 5) is 20.2. The lowest BCUT2D eigenvalue weighted by Crippen LogP contribution is -2.31. The van der Waals surface area contributed by atoms with Gasteiger partial charge in [0.05, 0.1) is 27.7 Å². The average molecular weight is 670 g/mol. The normalized spacial score (nSPS) is 16.4. The minimum atomic E-state index is -0.363. The predicted octanol–water partition coefficient (Wildman–Crippen LogP) is 5.06. The molecule has 2 fully saturated rings. The SMILES string of the molecule is Cn1ccc(CN2CCCN(c3ccc(Cl)cc3N)CC2)n1.Cn1ccc(CN2CCCN(c3ccc(Cl)cc3[N+](=O)[O-])CC2)n1. The molecule has 2 N–H and O–H groups in total. The second kappa shape index (κ2) is 15.6. The molecule has 6 rings (SSSR count). The maximum atomic E-state index is 11.3. The molecule has 46 heavy (non-hydrogen) atoms. The molecule has 0 unspecified atom stereocenters. The van der Waals surface area contributed by atoms with Gasteiger partial charge in [-0.05, 0) is 55.3 Å². The molecule has 2 aromatic heterocycles. The predicted molar refractivity (Wildman–Crippen MR) is 185 cm³/mol. The van der Waals surface area contributed by atoms with Gasteiger partial charge in [0.1, 0.15) is 5.69 Å².